The molecule has 0 spiro atoms. The van der Waals surface area contributed by atoms with Crippen LogP contribution in [0, 0.1) is 13.8 Å². The van der Waals surface area contributed by atoms with Crippen molar-refractivity contribution in [1.82, 2.24) is 0 Å². The molecular formula is C29H25NO. The third-order valence-corrected chi connectivity index (χ3v) is 6.10. The lowest BCUT2D eigenvalue weighted by molar-refractivity contribution is 0.282. The van der Waals surface area contributed by atoms with Gasteiger partial charge in [-0.25, -0.2) is 0 Å². The first-order valence-electron chi connectivity index (χ1n) is 10.6. The van der Waals surface area contributed by atoms with Crippen molar-refractivity contribution in [1.29, 1.82) is 0 Å². The molecule has 0 saturated carbocycles. The fraction of sp³-hybridized carbons (Fsp3) is 0.103. The lowest BCUT2D eigenvalue weighted by atomic mass is 9.99. The van der Waals surface area contributed by atoms with Crippen molar-refractivity contribution >= 4 is 38.6 Å². The number of fused-ring (bicyclic) bond motifs is 2. The molecule has 0 fully saturated rings. The maximum atomic E-state index is 9.53. The average molecular weight is 404 g/mol. The average Bonchev–Trinajstić information content (AvgIpc) is 2.83. The van der Waals surface area contributed by atoms with Crippen molar-refractivity contribution in [3.8, 4) is 0 Å². The van der Waals surface area contributed by atoms with E-state index in [0.717, 1.165) is 22.6 Å². The van der Waals surface area contributed by atoms with Gasteiger partial charge in [0, 0.05) is 16.5 Å². The number of hydrogen-bond acceptors (Lipinski definition) is 2. The molecular weight excluding hydrogens is 378 g/mol. The molecule has 0 aliphatic carbocycles. The van der Waals surface area contributed by atoms with Crippen molar-refractivity contribution in [3.05, 3.63) is 114 Å². The molecule has 0 aromatic heterocycles. The molecule has 0 aliphatic rings. The number of nitrogens with zero attached hydrogens (tertiary/aromatic N) is 1. The second-order valence-corrected chi connectivity index (χ2v) is 8.05. The number of hydrogen-bond donors (Lipinski definition) is 1. The highest BCUT2D eigenvalue weighted by molar-refractivity contribution is 6.06. The van der Waals surface area contributed by atoms with E-state index < -0.39 is 0 Å². The third kappa shape index (κ3) is 3.35. The molecule has 0 saturated heterocycles. The summed E-state index contributed by atoms with van der Waals surface area (Å²) in [5.74, 6) is 0. The second kappa shape index (κ2) is 7.90. The van der Waals surface area contributed by atoms with Crippen LogP contribution >= 0.6 is 0 Å². The molecule has 2 nitrogen and oxygen atoms in total. The third-order valence-electron chi connectivity index (χ3n) is 6.10. The summed E-state index contributed by atoms with van der Waals surface area (Å²) < 4.78 is 0. The summed E-state index contributed by atoms with van der Waals surface area (Å²) in [6.07, 6.45) is 0. The highest BCUT2D eigenvalue weighted by Crippen LogP contribution is 2.42. The van der Waals surface area contributed by atoms with Crippen molar-refractivity contribution in [2.75, 3.05) is 4.90 Å². The van der Waals surface area contributed by atoms with Gasteiger partial charge < -0.3 is 10.0 Å². The van der Waals surface area contributed by atoms with Gasteiger partial charge in [0.05, 0.1) is 18.0 Å². The lowest BCUT2D eigenvalue weighted by Gasteiger charge is -2.29. The predicted octanol–water partition coefficient (Wildman–Crippen LogP) is 7.57. The topological polar surface area (TPSA) is 23.5 Å². The summed E-state index contributed by atoms with van der Waals surface area (Å²) in [7, 11) is 0. The quantitative estimate of drug-likeness (QED) is 0.334. The highest BCUT2D eigenvalue weighted by atomic mass is 16.3. The van der Waals surface area contributed by atoms with E-state index in [1.807, 2.05) is 12.1 Å². The van der Waals surface area contributed by atoms with Crippen LogP contribution in [0.15, 0.2) is 97.1 Å². The van der Waals surface area contributed by atoms with Crippen LogP contribution in [-0.4, -0.2) is 5.11 Å². The largest absolute Gasteiger partial charge is 0.392 e. The molecule has 0 atom stereocenters. The van der Waals surface area contributed by atoms with Crippen LogP contribution in [0.3, 0.4) is 0 Å². The Morgan fingerprint density at radius 1 is 0.548 bits per heavy atom. The zero-order valence-electron chi connectivity index (χ0n) is 17.8. The van der Waals surface area contributed by atoms with Gasteiger partial charge in [-0.05, 0) is 65.6 Å². The van der Waals surface area contributed by atoms with Crippen molar-refractivity contribution in [3.63, 3.8) is 0 Å². The maximum absolute atomic E-state index is 9.53. The summed E-state index contributed by atoms with van der Waals surface area (Å²) >= 11 is 0. The maximum Gasteiger partial charge on any atom is 0.0681 e. The van der Waals surface area contributed by atoms with Crippen LogP contribution in [0.5, 0.6) is 0 Å². The van der Waals surface area contributed by atoms with Crippen LogP contribution < -0.4 is 4.90 Å². The van der Waals surface area contributed by atoms with Crippen molar-refractivity contribution < 1.29 is 5.11 Å². The molecule has 0 aliphatic heterocycles. The van der Waals surface area contributed by atoms with Crippen LogP contribution in [0.2, 0.25) is 0 Å². The molecule has 31 heavy (non-hydrogen) atoms. The van der Waals surface area contributed by atoms with E-state index in [-0.39, 0.29) is 6.61 Å². The Bertz CT molecular complexity index is 1300. The smallest absolute Gasteiger partial charge is 0.0681 e. The first kappa shape index (κ1) is 19.3. The summed E-state index contributed by atoms with van der Waals surface area (Å²) in [5, 5.41) is 14.5. The number of aryl methyl sites for hydroxylation is 2. The fourth-order valence-electron chi connectivity index (χ4n) is 4.42. The van der Waals surface area contributed by atoms with Gasteiger partial charge in [0.1, 0.15) is 0 Å². The molecule has 0 heterocycles. The summed E-state index contributed by atoms with van der Waals surface area (Å²) in [6, 6.07) is 34.2. The first-order valence-corrected chi connectivity index (χ1v) is 10.6. The lowest BCUT2D eigenvalue weighted by Crippen LogP contribution is -2.11. The van der Waals surface area contributed by atoms with E-state index in [1.165, 1.54) is 32.7 Å². The standard InChI is InChI=1S/C29H25NO/c1-20-11-17-28(26-9-5-3-7-24(20)26)30(23-15-13-22(19-31)14-16-23)29-18-12-21(2)25-8-4-6-10-27(25)29/h3-18,31H,19H2,1-2H3. The van der Waals surface area contributed by atoms with E-state index >= 15 is 0 Å². The molecule has 0 amide bonds. The minimum Gasteiger partial charge on any atom is -0.392 e. The van der Waals surface area contributed by atoms with Gasteiger partial charge in [0.25, 0.3) is 0 Å². The monoisotopic (exact) mass is 403 g/mol. The van der Waals surface area contributed by atoms with Crippen LogP contribution in [-0.2, 0) is 6.61 Å². The number of anilines is 3. The Morgan fingerprint density at radius 2 is 1.00 bits per heavy atom. The van der Waals surface area contributed by atoms with E-state index in [4.69, 9.17) is 0 Å². The number of aliphatic hydroxyl groups excluding tert-OH is 1. The zero-order valence-corrected chi connectivity index (χ0v) is 17.8. The van der Waals surface area contributed by atoms with Gasteiger partial charge in [-0.15, -0.1) is 0 Å². The second-order valence-electron chi connectivity index (χ2n) is 8.05. The molecule has 5 rings (SSSR count). The number of aliphatic hydroxyl groups is 1. The van der Waals surface area contributed by atoms with Gasteiger partial charge in [-0.2, -0.15) is 0 Å². The first-order chi connectivity index (χ1) is 15.2. The van der Waals surface area contributed by atoms with Crippen molar-refractivity contribution in [2.45, 2.75) is 20.5 Å². The zero-order chi connectivity index (χ0) is 21.4. The molecule has 152 valence electrons. The van der Waals surface area contributed by atoms with Crippen LogP contribution in [0.25, 0.3) is 21.5 Å². The molecule has 5 aromatic carbocycles. The Labute approximate surface area is 183 Å². The number of benzene rings is 5. The van der Waals surface area contributed by atoms with Gasteiger partial charge in [-0.3, -0.25) is 0 Å². The Balaban J connectivity index is 1.84. The highest BCUT2D eigenvalue weighted by Gasteiger charge is 2.18. The molecule has 0 bridgehead atoms. The molecule has 5 aromatic rings. The minimum absolute atomic E-state index is 0.0429. The van der Waals surface area contributed by atoms with Crippen LogP contribution in [0.4, 0.5) is 17.1 Å². The minimum atomic E-state index is 0.0429. The fourth-order valence-corrected chi connectivity index (χ4v) is 4.42. The summed E-state index contributed by atoms with van der Waals surface area (Å²) in [6.45, 7) is 4.36. The predicted molar refractivity (Wildman–Crippen MR) is 132 cm³/mol. The van der Waals surface area contributed by atoms with Crippen molar-refractivity contribution in [2.24, 2.45) is 0 Å². The Hall–Kier alpha value is -3.62. The molecule has 0 unspecified atom stereocenters. The Morgan fingerprint density at radius 3 is 1.45 bits per heavy atom. The van der Waals surface area contributed by atoms with E-state index in [2.05, 4.69) is 104 Å². The molecule has 2 heteroatoms. The van der Waals surface area contributed by atoms with Gasteiger partial charge in [-0.1, -0.05) is 72.8 Å². The van der Waals surface area contributed by atoms with Gasteiger partial charge in [0.15, 0.2) is 0 Å². The van der Waals surface area contributed by atoms with E-state index in [0.29, 0.717) is 0 Å². The van der Waals surface area contributed by atoms with Crippen LogP contribution in [0.1, 0.15) is 16.7 Å². The summed E-state index contributed by atoms with van der Waals surface area (Å²) in [5.41, 5.74) is 6.80. The van der Waals surface area contributed by atoms with E-state index in [1.54, 1.807) is 0 Å². The molecule has 0 radical (unpaired) electrons. The molecule has 1 N–H and O–H groups in total. The normalized spacial score (nSPS) is 11.2. The number of rotatable bonds is 4. The SMILES string of the molecule is Cc1ccc(N(c2ccc(CO)cc2)c2ccc(C)c3ccccc23)c2ccccc12. The van der Waals surface area contributed by atoms with E-state index in [9.17, 15) is 5.11 Å². The van der Waals surface area contributed by atoms with Gasteiger partial charge >= 0.3 is 0 Å². The summed E-state index contributed by atoms with van der Waals surface area (Å²) in [4.78, 5) is 2.34. The van der Waals surface area contributed by atoms with Gasteiger partial charge in [0.2, 0.25) is 0 Å². The Kier molecular flexibility index (Phi) is 4.93.